The van der Waals surface area contributed by atoms with Crippen molar-refractivity contribution in [2.45, 2.75) is 85.5 Å². The summed E-state index contributed by atoms with van der Waals surface area (Å²) < 4.78 is 23.6. The number of methoxy groups -OCH3 is 4. The van der Waals surface area contributed by atoms with Gasteiger partial charge in [-0.1, -0.05) is 197 Å². The molecule has 104 heavy (non-hydrogen) atoms. The van der Waals surface area contributed by atoms with Gasteiger partial charge in [-0.3, -0.25) is 49.0 Å². The second kappa shape index (κ2) is 75.3. The zero-order chi connectivity index (χ0) is 74.6. The molecule has 0 fully saturated rings. The van der Waals surface area contributed by atoms with Crippen molar-refractivity contribution < 1.29 is 109 Å². The first-order chi connectivity index (χ1) is 47.4. The minimum Gasteiger partial charge on any atom is -1.00 e. The second-order valence-electron chi connectivity index (χ2n) is 20.2. The van der Waals surface area contributed by atoms with E-state index in [9.17, 15) is 49.0 Å². The zero-order valence-corrected chi connectivity index (χ0v) is 71.5. The van der Waals surface area contributed by atoms with Gasteiger partial charge in [0.1, 0.15) is 32.7 Å². The molecule has 0 unspecified atom stereocenters. The van der Waals surface area contributed by atoms with E-state index in [4.69, 9.17) is 43.9 Å². The molecule has 7 aromatic rings. The number of primary amides is 1. The van der Waals surface area contributed by atoms with Gasteiger partial charge in [-0.2, -0.15) is 22.4 Å². The van der Waals surface area contributed by atoms with Crippen molar-refractivity contribution in [3.8, 4) is 0 Å². The number of benzene rings is 7. The van der Waals surface area contributed by atoms with E-state index < -0.39 is 16.1 Å². The van der Waals surface area contributed by atoms with Crippen LogP contribution in [-0.4, -0.2) is 135 Å². The number of ketones is 3. The van der Waals surface area contributed by atoms with Crippen LogP contribution < -0.4 is 62.9 Å². The number of ether oxygens (including phenoxy) is 4. The molecule has 0 bridgehead atoms. The third-order valence-corrected chi connectivity index (χ3v) is 14.7. The summed E-state index contributed by atoms with van der Waals surface area (Å²) in [7, 11) is 6.00. The summed E-state index contributed by atoms with van der Waals surface area (Å²) in [4.78, 5) is 86.9. The molecular weight excluding hydrogens is 1820 g/mol. The quantitative estimate of drug-likeness (QED) is 0.00838. The number of amides is 1. The maximum atomic E-state index is 11.2. The fraction of sp³-hybridized carbons (Fsp3) is 0.311. The number of Topliss-reactive ketones (excluding diaryl/α,β-unsaturated/α-hetero) is 3. The number of halogens is 7. The van der Waals surface area contributed by atoms with Crippen molar-refractivity contribution in [2.75, 3.05) is 68.0 Å². The van der Waals surface area contributed by atoms with E-state index in [0.29, 0.717) is 42.5 Å². The predicted molar refractivity (Wildman–Crippen MR) is 445 cm³/mol. The average molecular weight is 1910 g/mol. The SMILES string of the molecule is C.C.COCC(=O)CCCc1cccc(Br)c1.COCC(=O)CCCc1cccc(C(N)=O)c1.COCC(=O)Cl.NCCc1cccc(Br)c1.O=Cc1cccc(Br)c1.O=[N+]([O-])/C=C/c1cccc(Br)c1.O=[N+]([O-])CCc1cccc(Br)c1.[B-].[B].[B]I.[C-]#[N+]c1cccc(CCCC(=O)COC)c1.[K+]. The van der Waals surface area contributed by atoms with Crippen LogP contribution in [0.15, 0.2) is 198 Å². The average Bonchev–Trinajstić information content (AvgIpc) is 0.903. The van der Waals surface area contributed by atoms with Crippen molar-refractivity contribution in [1.29, 1.82) is 0 Å². The van der Waals surface area contributed by atoms with Crippen LogP contribution in [0.2, 0.25) is 0 Å². The Hall–Kier alpha value is -4.56. The Morgan fingerprint density at radius 1 is 0.538 bits per heavy atom. The maximum absolute atomic E-state index is 11.2. The van der Waals surface area contributed by atoms with Gasteiger partial charge < -0.3 is 38.8 Å². The van der Waals surface area contributed by atoms with Crippen molar-refractivity contribution >= 4 is 183 Å². The summed E-state index contributed by atoms with van der Waals surface area (Å²) >= 11 is 23.1. The van der Waals surface area contributed by atoms with Gasteiger partial charge in [-0.25, -0.2) is 4.85 Å². The van der Waals surface area contributed by atoms with E-state index in [1.54, 1.807) is 78.0 Å². The van der Waals surface area contributed by atoms with Gasteiger partial charge in [0.05, 0.1) is 11.5 Å². The molecule has 9 radical (unpaired) electrons. The number of rotatable bonds is 29. The molecule has 7 aromatic carbocycles. The Labute approximate surface area is 722 Å². The van der Waals surface area contributed by atoms with Gasteiger partial charge in [0.15, 0.2) is 28.7 Å². The van der Waals surface area contributed by atoms with Crippen molar-refractivity contribution in [3.05, 3.63) is 275 Å². The van der Waals surface area contributed by atoms with Crippen molar-refractivity contribution in [3.63, 3.8) is 0 Å². The van der Waals surface area contributed by atoms with Gasteiger partial charge >= 0.3 is 51.4 Å². The summed E-state index contributed by atoms with van der Waals surface area (Å²) in [5.74, 6) is -0.0304. The molecule has 0 heterocycles. The fourth-order valence-electron chi connectivity index (χ4n) is 7.75. The van der Waals surface area contributed by atoms with Crippen LogP contribution in [0.25, 0.3) is 10.9 Å². The largest absolute Gasteiger partial charge is 1.00 e. The number of carbonyl (C=O) groups excluding carboxylic acids is 6. The van der Waals surface area contributed by atoms with Crippen LogP contribution in [0.4, 0.5) is 5.69 Å². The maximum Gasteiger partial charge on any atom is 1.00 e. The Morgan fingerprint density at radius 3 is 1.19 bits per heavy atom. The Morgan fingerprint density at radius 2 is 0.875 bits per heavy atom. The summed E-state index contributed by atoms with van der Waals surface area (Å²) in [6.07, 6.45) is 11.3. The molecule has 7 rings (SSSR count). The van der Waals surface area contributed by atoms with E-state index in [1.165, 1.54) is 38.5 Å². The molecule has 4 N–H and O–H groups in total. The second-order valence-corrected chi connectivity index (χ2v) is 25.2. The summed E-state index contributed by atoms with van der Waals surface area (Å²) in [5, 5.41) is 19.6. The number of hydrogen-bond acceptors (Lipinski definition) is 15. The molecule has 1 amide bonds. The van der Waals surface area contributed by atoms with Gasteiger partial charge in [0.25, 0.3) is 0 Å². The minimum atomic E-state index is -0.485. The van der Waals surface area contributed by atoms with Gasteiger partial charge in [0, 0.05) is 107 Å². The molecule has 553 valence electrons. The molecule has 0 saturated carbocycles. The van der Waals surface area contributed by atoms with Crippen molar-refractivity contribution in [1.82, 2.24) is 0 Å². The predicted octanol–water partition coefficient (Wildman–Crippen LogP) is 14.7. The van der Waals surface area contributed by atoms with E-state index in [0.717, 1.165) is 109 Å². The number of aryl methyl sites for hydroxylation is 3. The Kier molecular flexibility index (Phi) is 81.6. The minimum absolute atomic E-state index is 0. The molecule has 0 aliphatic carbocycles. The number of hydrogen-bond donors (Lipinski definition) is 2. The van der Waals surface area contributed by atoms with Gasteiger partial charge in [-0.15, -0.1) is 0 Å². The Bertz CT molecular complexity index is 3590. The number of aldehydes is 1. The molecule has 0 aromatic heterocycles. The normalized spacial score (nSPS) is 9.22. The summed E-state index contributed by atoms with van der Waals surface area (Å²) in [6.45, 7) is 8.21. The van der Waals surface area contributed by atoms with E-state index >= 15 is 0 Å². The summed E-state index contributed by atoms with van der Waals surface area (Å²) in [6, 6.07) is 53.1. The molecule has 0 saturated heterocycles. The number of carbonyl (C=O) groups is 6. The van der Waals surface area contributed by atoms with E-state index in [1.807, 2.05) is 97.1 Å². The van der Waals surface area contributed by atoms with Crippen LogP contribution in [0.5, 0.6) is 0 Å². The molecule has 19 nitrogen and oxygen atoms in total. The van der Waals surface area contributed by atoms with Gasteiger partial charge in [0.2, 0.25) is 23.9 Å². The monoisotopic (exact) mass is 1900 g/mol. The van der Waals surface area contributed by atoms with Crippen LogP contribution in [0.3, 0.4) is 0 Å². The van der Waals surface area contributed by atoms with Crippen LogP contribution in [0.1, 0.15) is 107 Å². The standard InChI is InChI=1S/C13H17NO3.C13H15NO2.C12H15BrO2.C8H8BrNO2.C8H6BrNO2.C8H10BrN.C7H5BrO.C3H5ClO2.2CH4.BI.2B.K/c1-17-9-12(15)7-3-5-10-4-2-6-11(8-10)13(14)16;1-14-12-7-3-5-11(9-12)6-4-8-13(15)10-16-2;1-15-9-12(14)7-3-5-10-4-2-6-11(13)8-10;2*9-8-3-1-2-7(6-8)4-5-10(11)12;9-8-3-1-2-7(6-8)4-5-10;8-7-3-1-2-6(4-7)5-9;1-6-2-3(4)5;;;1-2;;;/h2,4,6,8H,3,5,7,9H2,1H3,(H2,14,16);3,5,7,9H,4,6,8,10H2,2H3;2,4,6,8H,3,5,7,9H2,1H3;1-3,6H,4-5H2;1-6H;1-3,6H,4-5,10H2;1-5H;2H2,1H3;2*1H4;;;;/q;;;;;;;;;;;;-1;+1/b;;;;5-4+;;;;;;;;;. The molecule has 30 heteroatoms. The smallest absolute Gasteiger partial charge is 1.00 e. The van der Waals surface area contributed by atoms with Crippen molar-refractivity contribution in [2.24, 2.45) is 11.5 Å². The molecule has 0 aliphatic heterocycles. The molecule has 0 atom stereocenters. The molecule has 0 aliphatic rings. The first-order valence-electron chi connectivity index (χ1n) is 30.0. The van der Waals surface area contributed by atoms with E-state index in [-0.39, 0.29) is 138 Å². The third-order valence-electron chi connectivity index (χ3n) is 12.1. The number of nitrogens with zero attached hydrogens (tertiary/aromatic N) is 3. The molecular formula is C74H89B3Br5ClIKN5O14. The first kappa shape index (κ1) is 113. The zero-order valence-electron chi connectivity index (χ0n) is 57.5. The van der Waals surface area contributed by atoms with Crippen LogP contribution in [0, 0.1) is 26.8 Å². The first-order valence-corrected chi connectivity index (χ1v) is 35.6. The number of nitro groups is 2. The number of nitrogens with two attached hydrogens (primary N) is 2. The fourth-order valence-corrected chi connectivity index (χ4v) is 10.0. The van der Waals surface area contributed by atoms with E-state index in [2.05, 4.69) is 119 Å². The third kappa shape index (κ3) is 66.8. The van der Waals surface area contributed by atoms with Crippen LogP contribution in [-0.2, 0) is 70.2 Å². The van der Waals surface area contributed by atoms with Gasteiger partial charge in [-0.05, 0) is 164 Å². The summed E-state index contributed by atoms with van der Waals surface area (Å²) in [5.41, 5.74) is 23.4. The van der Waals surface area contributed by atoms with Crippen LogP contribution >= 0.6 is 114 Å². The topological polar surface area (TPSA) is 282 Å². The Balaban J connectivity index is -0.000000207. The molecule has 0 spiro atoms.